The third-order valence-electron chi connectivity index (χ3n) is 8.40. The molecule has 0 N–H and O–H groups in total. The summed E-state index contributed by atoms with van der Waals surface area (Å²) in [6.45, 7) is 12.4. The van der Waals surface area contributed by atoms with E-state index >= 15 is 0 Å². The van der Waals surface area contributed by atoms with E-state index < -0.39 is 0 Å². The molecule has 1 heteroatoms. The van der Waals surface area contributed by atoms with Crippen LogP contribution < -0.4 is 0 Å². The van der Waals surface area contributed by atoms with E-state index in [9.17, 15) is 0 Å². The Balaban J connectivity index is 0.000000157. The van der Waals surface area contributed by atoms with E-state index in [1.54, 1.807) is 0 Å². The summed E-state index contributed by atoms with van der Waals surface area (Å²) in [6, 6.07) is 54.8. The van der Waals surface area contributed by atoms with Crippen molar-refractivity contribution in [3.63, 3.8) is 0 Å². The fourth-order valence-electron chi connectivity index (χ4n) is 6.19. The van der Waals surface area contributed by atoms with E-state index in [1.807, 2.05) is 39.8 Å². The number of hydrogen-bond donors (Lipinski definition) is 0. The van der Waals surface area contributed by atoms with Crippen LogP contribution in [0.4, 0.5) is 0 Å². The standard InChI is InChI=1S/C16H10O.C16H14.C10H8.2C2H6.CH4/c1-2-6-12-11(5-1)9-10-15-16(12)13-7-3-4-8-14(13)17-15;1-11-13-7-3-5-9-15(13)12(2)16-10-6-4-8-14(11)16;1-2-6-10-8-4-3-7-9(10)5-1;2*1-2;/h1-10H;3-10H,1-2H3;1-8H;2*1-2H3;1H4. The zero-order valence-corrected chi connectivity index (χ0v) is 28.4. The lowest BCUT2D eigenvalue weighted by atomic mass is 9.93. The molecule has 1 heterocycles. The number of aryl methyl sites for hydroxylation is 2. The van der Waals surface area contributed by atoms with Gasteiger partial charge in [-0.3, -0.25) is 0 Å². The first-order valence-corrected chi connectivity index (χ1v) is 16.8. The summed E-state index contributed by atoms with van der Waals surface area (Å²) in [6.07, 6.45) is 0. The molecule has 0 aliphatic heterocycles. The summed E-state index contributed by atoms with van der Waals surface area (Å²) >= 11 is 0. The average Bonchev–Trinajstić information content (AvgIpc) is 3.55. The van der Waals surface area contributed by atoms with Crippen LogP contribution in [0.1, 0.15) is 46.2 Å². The van der Waals surface area contributed by atoms with Crippen LogP contribution in [0.15, 0.2) is 162 Å². The maximum atomic E-state index is 5.86. The van der Waals surface area contributed by atoms with Gasteiger partial charge in [-0.25, -0.2) is 0 Å². The van der Waals surface area contributed by atoms with Crippen molar-refractivity contribution < 1.29 is 4.42 Å². The predicted molar refractivity (Wildman–Crippen MR) is 216 cm³/mol. The lowest BCUT2D eigenvalue weighted by Gasteiger charge is -2.11. The van der Waals surface area contributed by atoms with E-state index in [1.165, 1.54) is 65.0 Å². The molecular weight excluding hydrogens is 581 g/mol. The van der Waals surface area contributed by atoms with Crippen molar-refractivity contribution in [3.05, 3.63) is 169 Å². The average molecular weight is 629 g/mol. The summed E-state index contributed by atoms with van der Waals surface area (Å²) in [5, 5.41) is 13.0. The molecule has 0 unspecified atom stereocenters. The van der Waals surface area contributed by atoms with Crippen LogP contribution in [0.25, 0.3) is 65.0 Å². The van der Waals surface area contributed by atoms with Crippen LogP contribution in [0.2, 0.25) is 0 Å². The summed E-state index contributed by atoms with van der Waals surface area (Å²) in [4.78, 5) is 0. The Bertz CT molecular complexity index is 2190. The summed E-state index contributed by atoms with van der Waals surface area (Å²) in [5.41, 5.74) is 4.69. The van der Waals surface area contributed by atoms with Gasteiger partial charge in [0.25, 0.3) is 0 Å². The minimum Gasteiger partial charge on any atom is -0.456 e. The van der Waals surface area contributed by atoms with Gasteiger partial charge >= 0.3 is 0 Å². The number of hydrogen-bond acceptors (Lipinski definition) is 1. The molecule has 8 aromatic carbocycles. The molecule has 242 valence electrons. The van der Waals surface area contributed by atoms with Gasteiger partial charge in [0.1, 0.15) is 11.2 Å². The quantitative estimate of drug-likeness (QED) is 0.152. The molecule has 0 radical (unpaired) electrons. The van der Waals surface area contributed by atoms with Gasteiger partial charge in [-0.05, 0) is 80.2 Å². The largest absolute Gasteiger partial charge is 0.456 e. The Hall–Kier alpha value is -5.40. The third kappa shape index (κ3) is 7.27. The van der Waals surface area contributed by atoms with E-state index in [0.29, 0.717) is 0 Å². The predicted octanol–water partition coefficient (Wildman–Crippen LogP) is 14.9. The molecule has 0 spiro atoms. The highest BCUT2D eigenvalue weighted by atomic mass is 16.3. The van der Waals surface area contributed by atoms with Crippen molar-refractivity contribution >= 4 is 65.0 Å². The van der Waals surface area contributed by atoms with E-state index in [-0.39, 0.29) is 7.43 Å². The van der Waals surface area contributed by atoms with Crippen molar-refractivity contribution in [1.82, 2.24) is 0 Å². The number of para-hydroxylation sites is 1. The minimum absolute atomic E-state index is 0. The number of rotatable bonds is 0. The van der Waals surface area contributed by atoms with Gasteiger partial charge in [-0.1, -0.05) is 181 Å². The Morgan fingerprint density at radius 3 is 1.08 bits per heavy atom. The fraction of sp³-hybridized carbons (Fsp3) is 0.149. The van der Waals surface area contributed by atoms with Crippen LogP contribution in [-0.2, 0) is 0 Å². The highest BCUT2D eigenvalue weighted by Crippen LogP contribution is 2.34. The van der Waals surface area contributed by atoms with Gasteiger partial charge in [0.05, 0.1) is 0 Å². The molecular formula is C47H48O. The zero-order chi connectivity index (χ0) is 33.2. The van der Waals surface area contributed by atoms with E-state index in [2.05, 4.69) is 159 Å². The van der Waals surface area contributed by atoms with Crippen molar-refractivity contribution in [2.24, 2.45) is 0 Å². The minimum atomic E-state index is 0. The second kappa shape index (κ2) is 17.0. The first-order valence-electron chi connectivity index (χ1n) is 16.8. The van der Waals surface area contributed by atoms with Crippen LogP contribution in [0, 0.1) is 13.8 Å². The van der Waals surface area contributed by atoms with E-state index in [0.717, 1.165) is 11.2 Å². The number of furan rings is 1. The molecule has 0 saturated carbocycles. The molecule has 0 aliphatic carbocycles. The molecule has 9 rings (SSSR count). The molecule has 0 bridgehead atoms. The zero-order valence-electron chi connectivity index (χ0n) is 28.4. The van der Waals surface area contributed by atoms with Crippen LogP contribution in [-0.4, -0.2) is 0 Å². The Kier molecular flexibility index (Phi) is 12.5. The molecule has 0 aliphatic rings. The molecule has 1 nitrogen and oxygen atoms in total. The molecule has 48 heavy (non-hydrogen) atoms. The second-order valence-electron chi connectivity index (χ2n) is 10.9. The summed E-state index contributed by atoms with van der Waals surface area (Å²) in [7, 11) is 0. The SMILES string of the molecule is C.CC.CC.Cc1c2ccccc2c(C)c2ccccc12.c1ccc2c(c1)ccc1oc3ccccc3c12.c1ccc2ccccc2c1. The highest BCUT2D eigenvalue weighted by Gasteiger charge is 2.09. The van der Waals surface area contributed by atoms with Gasteiger partial charge in [0.15, 0.2) is 0 Å². The van der Waals surface area contributed by atoms with Gasteiger partial charge in [0, 0.05) is 10.8 Å². The van der Waals surface area contributed by atoms with Crippen molar-refractivity contribution in [2.75, 3.05) is 0 Å². The molecule has 0 amide bonds. The lowest BCUT2D eigenvalue weighted by molar-refractivity contribution is 0.669. The number of benzene rings is 8. The topological polar surface area (TPSA) is 13.1 Å². The summed E-state index contributed by atoms with van der Waals surface area (Å²) in [5.74, 6) is 0. The first kappa shape index (κ1) is 35.5. The summed E-state index contributed by atoms with van der Waals surface area (Å²) < 4.78 is 5.86. The van der Waals surface area contributed by atoms with Gasteiger partial charge in [-0.15, -0.1) is 0 Å². The monoisotopic (exact) mass is 628 g/mol. The van der Waals surface area contributed by atoms with Crippen molar-refractivity contribution in [2.45, 2.75) is 49.0 Å². The third-order valence-corrected chi connectivity index (χ3v) is 8.40. The van der Waals surface area contributed by atoms with Crippen LogP contribution in [0.3, 0.4) is 0 Å². The molecule has 9 aromatic rings. The molecule has 0 saturated heterocycles. The number of fused-ring (bicyclic) bond motifs is 8. The van der Waals surface area contributed by atoms with Gasteiger partial charge < -0.3 is 4.42 Å². The van der Waals surface area contributed by atoms with E-state index in [4.69, 9.17) is 4.42 Å². The van der Waals surface area contributed by atoms with Crippen LogP contribution in [0.5, 0.6) is 0 Å². The molecule has 0 fully saturated rings. The lowest BCUT2D eigenvalue weighted by Crippen LogP contribution is -1.87. The Morgan fingerprint density at radius 2 is 0.646 bits per heavy atom. The fourth-order valence-corrected chi connectivity index (χ4v) is 6.19. The smallest absolute Gasteiger partial charge is 0.136 e. The van der Waals surface area contributed by atoms with Crippen molar-refractivity contribution in [3.8, 4) is 0 Å². The van der Waals surface area contributed by atoms with Gasteiger partial charge in [0.2, 0.25) is 0 Å². The molecule has 1 aromatic heterocycles. The maximum absolute atomic E-state index is 5.86. The van der Waals surface area contributed by atoms with Gasteiger partial charge in [-0.2, -0.15) is 0 Å². The van der Waals surface area contributed by atoms with Crippen LogP contribution >= 0.6 is 0 Å². The first-order chi connectivity index (χ1) is 23.2. The highest BCUT2D eigenvalue weighted by molar-refractivity contribution is 6.18. The van der Waals surface area contributed by atoms with Crippen molar-refractivity contribution in [1.29, 1.82) is 0 Å². The normalized spacial score (nSPS) is 10.1. The Morgan fingerprint density at radius 1 is 0.312 bits per heavy atom. The Labute approximate surface area is 286 Å². The second-order valence-corrected chi connectivity index (χ2v) is 10.9. The maximum Gasteiger partial charge on any atom is 0.136 e. The molecule has 0 atom stereocenters.